The molecule has 3 unspecified atom stereocenters. The van der Waals surface area contributed by atoms with Crippen LogP contribution >= 0.6 is 11.6 Å². The largest absolute Gasteiger partial charge is 0.351 e. The van der Waals surface area contributed by atoms with Crippen LogP contribution in [0, 0.1) is 5.92 Å². The highest BCUT2D eigenvalue weighted by atomic mass is 35.5. The Balaban J connectivity index is 1.43. The molecular weight excluding hydrogens is 352 g/mol. The molecule has 1 aliphatic carbocycles. The normalized spacial score (nSPS) is 27.5. The van der Waals surface area contributed by atoms with Gasteiger partial charge < -0.3 is 10.6 Å². The van der Waals surface area contributed by atoms with Crippen molar-refractivity contribution in [3.8, 4) is 0 Å². The van der Waals surface area contributed by atoms with Gasteiger partial charge in [0.15, 0.2) is 9.84 Å². The zero-order valence-electron chi connectivity index (χ0n) is 13.0. The lowest BCUT2D eigenvalue weighted by Crippen LogP contribution is -2.42. The summed E-state index contributed by atoms with van der Waals surface area (Å²) in [7, 11) is -3.03. The first kappa shape index (κ1) is 17.2. The second-order valence-electron chi connectivity index (χ2n) is 6.39. The third-order valence-corrected chi connectivity index (χ3v) is 6.43. The summed E-state index contributed by atoms with van der Waals surface area (Å²) in [6, 6.07) is 7.09. The third-order valence-electron chi connectivity index (χ3n) is 4.42. The predicted octanol–water partition coefficient (Wildman–Crippen LogP) is 0.863. The van der Waals surface area contributed by atoms with Gasteiger partial charge in [0.1, 0.15) is 0 Å². The Kier molecular flexibility index (Phi) is 4.83. The monoisotopic (exact) mass is 370 g/mol. The molecule has 1 aliphatic heterocycles. The highest BCUT2D eigenvalue weighted by Gasteiger charge is 2.44. The van der Waals surface area contributed by atoms with Crippen molar-refractivity contribution < 1.29 is 18.0 Å². The molecule has 0 spiro atoms. The van der Waals surface area contributed by atoms with E-state index in [9.17, 15) is 18.0 Å². The van der Waals surface area contributed by atoms with Crippen molar-refractivity contribution in [3.05, 3.63) is 34.9 Å². The highest BCUT2D eigenvalue weighted by molar-refractivity contribution is 7.91. The van der Waals surface area contributed by atoms with Crippen LogP contribution in [0.25, 0.3) is 0 Å². The number of benzene rings is 1. The quantitative estimate of drug-likeness (QED) is 0.804. The van der Waals surface area contributed by atoms with Crippen molar-refractivity contribution in [1.29, 1.82) is 0 Å². The zero-order chi connectivity index (χ0) is 17.3. The van der Waals surface area contributed by atoms with E-state index >= 15 is 0 Å². The van der Waals surface area contributed by atoms with Gasteiger partial charge in [-0.15, -0.1) is 0 Å². The number of halogens is 1. The summed E-state index contributed by atoms with van der Waals surface area (Å²) < 4.78 is 22.7. The molecule has 0 radical (unpaired) electrons. The van der Waals surface area contributed by atoms with Gasteiger partial charge in [0.05, 0.1) is 18.1 Å². The van der Waals surface area contributed by atoms with E-state index in [2.05, 4.69) is 10.6 Å². The lowest BCUT2D eigenvalue weighted by Gasteiger charge is -2.11. The molecule has 2 N–H and O–H groups in total. The van der Waals surface area contributed by atoms with E-state index in [1.54, 1.807) is 6.07 Å². The lowest BCUT2D eigenvalue weighted by molar-refractivity contribution is -0.127. The fourth-order valence-electron chi connectivity index (χ4n) is 3.08. The fourth-order valence-corrected chi connectivity index (χ4v) is 4.95. The van der Waals surface area contributed by atoms with Crippen molar-refractivity contribution in [3.63, 3.8) is 0 Å². The van der Waals surface area contributed by atoms with Gasteiger partial charge >= 0.3 is 0 Å². The van der Waals surface area contributed by atoms with Gasteiger partial charge in [-0.25, -0.2) is 8.42 Å². The molecule has 8 heteroatoms. The summed E-state index contributed by atoms with van der Waals surface area (Å²) in [6.07, 6.45) is 1.18. The van der Waals surface area contributed by atoms with Gasteiger partial charge in [-0.1, -0.05) is 23.7 Å². The van der Waals surface area contributed by atoms with Crippen LogP contribution in [0.15, 0.2) is 24.3 Å². The molecule has 24 heavy (non-hydrogen) atoms. The van der Waals surface area contributed by atoms with Crippen molar-refractivity contribution in [2.24, 2.45) is 5.92 Å². The third kappa shape index (κ3) is 4.27. The lowest BCUT2D eigenvalue weighted by atomic mass is 10.1. The molecule has 1 heterocycles. The Morgan fingerprint density at radius 2 is 2.08 bits per heavy atom. The average molecular weight is 371 g/mol. The number of sulfone groups is 1. The molecule has 1 saturated heterocycles. The van der Waals surface area contributed by atoms with Crippen molar-refractivity contribution >= 4 is 33.3 Å². The van der Waals surface area contributed by atoms with Gasteiger partial charge in [0.25, 0.3) is 0 Å². The minimum Gasteiger partial charge on any atom is -0.351 e. The number of nitrogens with one attached hydrogen (secondary N) is 2. The maximum Gasteiger partial charge on any atom is 0.239 e. The van der Waals surface area contributed by atoms with Crippen LogP contribution in [0.2, 0.25) is 5.02 Å². The predicted molar refractivity (Wildman–Crippen MR) is 90.5 cm³/mol. The van der Waals surface area contributed by atoms with E-state index in [0.29, 0.717) is 11.4 Å². The SMILES string of the molecule is O=C(CNC(=O)C1CC1c1cccc(Cl)c1)NC1CCS(=O)(=O)C1. The summed E-state index contributed by atoms with van der Waals surface area (Å²) in [5, 5.41) is 5.91. The Hall–Kier alpha value is -1.60. The standard InChI is InChI=1S/C16H19ClN2O4S/c17-11-3-1-2-10(6-11)13-7-14(13)16(21)18-8-15(20)19-12-4-5-24(22,23)9-12/h1-3,6,12-14H,4-5,7-9H2,(H,18,21)(H,19,20). The van der Waals surface area contributed by atoms with Gasteiger partial charge in [0, 0.05) is 17.0 Å². The minimum atomic E-state index is -3.03. The smallest absolute Gasteiger partial charge is 0.239 e. The number of hydrogen-bond donors (Lipinski definition) is 2. The van der Waals surface area contributed by atoms with Crippen LogP contribution in [0.3, 0.4) is 0 Å². The average Bonchev–Trinajstić information content (AvgIpc) is 3.24. The number of rotatable bonds is 5. The molecule has 2 fully saturated rings. The number of hydrogen-bond acceptors (Lipinski definition) is 4. The van der Waals surface area contributed by atoms with Crippen LogP contribution < -0.4 is 10.6 Å². The number of carbonyl (C=O) groups is 2. The Bertz CT molecular complexity index is 765. The summed E-state index contributed by atoms with van der Waals surface area (Å²) in [5.74, 6) is -0.422. The van der Waals surface area contributed by atoms with E-state index < -0.39 is 9.84 Å². The topological polar surface area (TPSA) is 92.3 Å². The Labute approximate surface area is 145 Å². The maximum atomic E-state index is 12.1. The molecule has 2 amide bonds. The van der Waals surface area contributed by atoms with Crippen molar-refractivity contribution in [1.82, 2.24) is 10.6 Å². The molecule has 130 valence electrons. The van der Waals surface area contributed by atoms with Crippen LogP contribution in [0.1, 0.15) is 24.3 Å². The first-order valence-electron chi connectivity index (χ1n) is 7.87. The van der Waals surface area contributed by atoms with E-state index in [1.807, 2.05) is 18.2 Å². The Morgan fingerprint density at radius 3 is 2.75 bits per heavy atom. The zero-order valence-corrected chi connectivity index (χ0v) is 14.6. The van der Waals surface area contributed by atoms with Gasteiger partial charge in [-0.05, 0) is 36.5 Å². The maximum absolute atomic E-state index is 12.1. The molecule has 3 atom stereocenters. The molecule has 6 nitrogen and oxygen atoms in total. The first-order chi connectivity index (χ1) is 11.3. The van der Waals surface area contributed by atoms with Crippen molar-refractivity contribution in [2.75, 3.05) is 18.1 Å². The van der Waals surface area contributed by atoms with E-state index in [1.165, 1.54) is 0 Å². The molecule has 0 bridgehead atoms. The van der Waals surface area contributed by atoms with Crippen LogP contribution in [-0.4, -0.2) is 44.3 Å². The Morgan fingerprint density at radius 1 is 1.29 bits per heavy atom. The van der Waals surface area contributed by atoms with E-state index in [-0.39, 0.29) is 47.7 Å². The fraction of sp³-hybridized carbons (Fsp3) is 0.500. The molecule has 0 aromatic heterocycles. The number of carbonyl (C=O) groups excluding carboxylic acids is 2. The van der Waals surface area contributed by atoms with Crippen LogP contribution in [0.5, 0.6) is 0 Å². The van der Waals surface area contributed by atoms with Gasteiger partial charge in [-0.2, -0.15) is 0 Å². The first-order valence-corrected chi connectivity index (χ1v) is 10.1. The summed E-state index contributed by atoms with van der Waals surface area (Å²) >= 11 is 5.95. The molecule has 1 aromatic carbocycles. The molecule has 3 rings (SSSR count). The van der Waals surface area contributed by atoms with Crippen LogP contribution in [0.4, 0.5) is 0 Å². The molecule has 2 aliphatic rings. The molecule has 1 saturated carbocycles. The molecule has 1 aromatic rings. The summed E-state index contributed by atoms with van der Waals surface area (Å²) in [4.78, 5) is 23.9. The molecular formula is C16H19ClN2O4S. The highest BCUT2D eigenvalue weighted by Crippen LogP contribution is 2.47. The van der Waals surface area contributed by atoms with Gasteiger partial charge in [0.2, 0.25) is 11.8 Å². The van der Waals surface area contributed by atoms with Crippen molar-refractivity contribution in [2.45, 2.75) is 24.8 Å². The second-order valence-corrected chi connectivity index (χ2v) is 9.05. The summed E-state index contributed by atoms with van der Waals surface area (Å²) in [5.41, 5.74) is 1.03. The van der Waals surface area contributed by atoms with E-state index in [0.717, 1.165) is 12.0 Å². The summed E-state index contributed by atoms with van der Waals surface area (Å²) in [6.45, 7) is -0.131. The van der Waals surface area contributed by atoms with Gasteiger partial charge in [-0.3, -0.25) is 9.59 Å². The van der Waals surface area contributed by atoms with Crippen LogP contribution in [-0.2, 0) is 19.4 Å². The van der Waals surface area contributed by atoms with E-state index in [4.69, 9.17) is 11.6 Å². The minimum absolute atomic E-state index is 0.0217. The second kappa shape index (κ2) is 6.72. The number of amides is 2.